The normalized spacial score (nSPS) is 10.6. The van der Waals surface area contributed by atoms with E-state index in [9.17, 15) is 0 Å². The molecule has 25 heavy (non-hydrogen) atoms. The molecule has 6 heteroatoms. The minimum atomic E-state index is 0.687. The van der Waals surface area contributed by atoms with Crippen molar-refractivity contribution in [1.82, 2.24) is 15.0 Å². The van der Waals surface area contributed by atoms with Crippen LogP contribution in [0.4, 0.5) is 5.82 Å². The molecule has 3 rings (SSSR count). The maximum Gasteiger partial charge on any atom is 0.162 e. The smallest absolute Gasteiger partial charge is 0.162 e. The zero-order chi connectivity index (χ0) is 17.5. The SMILES string of the molecule is COCCCNc1cc(-c2cncc(Br)c2)nc(-c2ccccc2)n1. The van der Waals surface area contributed by atoms with Crippen molar-refractivity contribution in [2.45, 2.75) is 6.42 Å². The van der Waals surface area contributed by atoms with Crippen LogP contribution in [0.3, 0.4) is 0 Å². The summed E-state index contributed by atoms with van der Waals surface area (Å²) in [5.41, 5.74) is 2.75. The average molecular weight is 399 g/mol. The molecule has 0 saturated heterocycles. The summed E-state index contributed by atoms with van der Waals surface area (Å²) in [7, 11) is 1.70. The van der Waals surface area contributed by atoms with Gasteiger partial charge in [-0.3, -0.25) is 4.98 Å². The molecular formula is C19H19BrN4O. The molecule has 0 bridgehead atoms. The number of nitrogens with zero attached hydrogens (tertiary/aromatic N) is 3. The zero-order valence-electron chi connectivity index (χ0n) is 13.9. The fraction of sp³-hybridized carbons (Fsp3) is 0.211. The molecular weight excluding hydrogens is 380 g/mol. The van der Waals surface area contributed by atoms with Gasteiger partial charge in [0.1, 0.15) is 5.82 Å². The summed E-state index contributed by atoms with van der Waals surface area (Å²) in [6, 6.07) is 13.9. The van der Waals surface area contributed by atoms with Crippen molar-refractivity contribution >= 4 is 21.7 Å². The third-order valence-electron chi connectivity index (χ3n) is 3.59. The van der Waals surface area contributed by atoms with Gasteiger partial charge in [-0.1, -0.05) is 30.3 Å². The quantitative estimate of drug-likeness (QED) is 0.596. The molecule has 0 fully saturated rings. The molecule has 0 aliphatic carbocycles. The number of methoxy groups -OCH3 is 1. The van der Waals surface area contributed by atoms with Crippen LogP contribution >= 0.6 is 15.9 Å². The highest BCUT2D eigenvalue weighted by Crippen LogP contribution is 2.25. The number of benzene rings is 1. The van der Waals surface area contributed by atoms with E-state index in [2.05, 4.69) is 31.2 Å². The highest BCUT2D eigenvalue weighted by molar-refractivity contribution is 9.10. The Labute approximate surface area is 155 Å². The van der Waals surface area contributed by atoms with Crippen molar-refractivity contribution < 1.29 is 4.74 Å². The first-order chi connectivity index (χ1) is 12.3. The Morgan fingerprint density at radius 2 is 1.88 bits per heavy atom. The molecule has 0 atom stereocenters. The van der Waals surface area contributed by atoms with Gasteiger partial charge in [-0.25, -0.2) is 9.97 Å². The predicted octanol–water partition coefficient (Wildman–Crippen LogP) is 4.42. The van der Waals surface area contributed by atoms with Crippen molar-refractivity contribution in [3.63, 3.8) is 0 Å². The number of aromatic nitrogens is 3. The molecule has 5 nitrogen and oxygen atoms in total. The molecule has 0 aliphatic heterocycles. The Morgan fingerprint density at radius 1 is 1.04 bits per heavy atom. The second-order valence-corrected chi connectivity index (χ2v) is 6.41. The van der Waals surface area contributed by atoms with Gasteiger partial charge >= 0.3 is 0 Å². The second kappa shape index (κ2) is 8.69. The maximum atomic E-state index is 5.09. The third kappa shape index (κ3) is 4.84. The van der Waals surface area contributed by atoms with Crippen molar-refractivity contribution in [3.8, 4) is 22.6 Å². The van der Waals surface area contributed by atoms with Crippen molar-refractivity contribution in [1.29, 1.82) is 0 Å². The Kier molecular flexibility index (Phi) is 6.09. The van der Waals surface area contributed by atoms with Crippen molar-refractivity contribution in [3.05, 3.63) is 59.3 Å². The molecule has 0 spiro atoms. The lowest BCUT2D eigenvalue weighted by Crippen LogP contribution is -2.07. The topological polar surface area (TPSA) is 59.9 Å². The number of hydrogen-bond acceptors (Lipinski definition) is 5. The lowest BCUT2D eigenvalue weighted by atomic mass is 10.1. The van der Waals surface area contributed by atoms with Crippen LogP contribution < -0.4 is 5.32 Å². The monoisotopic (exact) mass is 398 g/mol. The van der Waals surface area contributed by atoms with Gasteiger partial charge in [0, 0.05) is 54.3 Å². The highest BCUT2D eigenvalue weighted by atomic mass is 79.9. The van der Waals surface area contributed by atoms with Gasteiger partial charge in [-0.2, -0.15) is 0 Å². The Balaban J connectivity index is 1.96. The fourth-order valence-corrected chi connectivity index (χ4v) is 2.75. The van der Waals surface area contributed by atoms with Crippen LogP contribution in [0.5, 0.6) is 0 Å². The molecule has 0 radical (unpaired) electrons. The van der Waals surface area contributed by atoms with E-state index in [1.165, 1.54) is 0 Å². The number of pyridine rings is 1. The Morgan fingerprint density at radius 3 is 2.64 bits per heavy atom. The second-order valence-electron chi connectivity index (χ2n) is 5.49. The van der Waals surface area contributed by atoms with Crippen LogP contribution in [-0.4, -0.2) is 35.2 Å². The van der Waals surface area contributed by atoms with Gasteiger partial charge in [-0.05, 0) is 28.4 Å². The van der Waals surface area contributed by atoms with E-state index in [-0.39, 0.29) is 0 Å². The first kappa shape index (κ1) is 17.5. The van der Waals surface area contributed by atoms with Crippen LogP contribution in [-0.2, 0) is 4.74 Å². The van der Waals surface area contributed by atoms with Crippen LogP contribution in [0.15, 0.2) is 59.3 Å². The first-order valence-corrected chi connectivity index (χ1v) is 8.84. The van der Waals surface area contributed by atoms with Gasteiger partial charge < -0.3 is 10.1 Å². The molecule has 0 saturated carbocycles. The minimum absolute atomic E-state index is 0.687. The van der Waals surface area contributed by atoms with E-state index in [4.69, 9.17) is 9.72 Å². The Hall–Kier alpha value is -2.31. The van der Waals surface area contributed by atoms with Gasteiger partial charge in [0.05, 0.1) is 5.69 Å². The molecule has 3 aromatic rings. The summed E-state index contributed by atoms with van der Waals surface area (Å²) in [6.45, 7) is 1.50. The summed E-state index contributed by atoms with van der Waals surface area (Å²) >= 11 is 3.47. The number of rotatable bonds is 7. The molecule has 0 aliphatic rings. The van der Waals surface area contributed by atoms with E-state index in [0.717, 1.165) is 40.1 Å². The molecule has 1 aromatic carbocycles. The van der Waals surface area contributed by atoms with Crippen LogP contribution in [0, 0.1) is 0 Å². The number of hydrogen-bond donors (Lipinski definition) is 1. The van der Waals surface area contributed by atoms with Gasteiger partial charge in [0.15, 0.2) is 5.82 Å². The van der Waals surface area contributed by atoms with Crippen molar-refractivity contribution in [2.24, 2.45) is 0 Å². The predicted molar refractivity (Wildman–Crippen MR) is 103 cm³/mol. The lowest BCUT2D eigenvalue weighted by molar-refractivity contribution is 0.198. The van der Waals surface area contributed by atoms with E-state index in [1.807, 2.05) is 42.5 Å². The van der Waals surface area contributed by atoms with Gasteiger partial charge in [0.25, 0.3) is 0 Å². The number of anilines is 1. The van der Waals surface area contributed by atoms with E-state index >= 15 is 0 Å². The van der Waals surface area contributed by atoms with Crippen LogP contribution in [0.1, 0.15) is 6.42 Å². The standard InChI is InChI=1S/C19H19BrN4O/c1-25-9-5-8-22-18-11-17(15-10-16(20)13-21-12-15)23-19(24-18)14-6-3-2-4-7-14/h2-4,6-7,10-13H,5,8-9H2,1H3,(H,22,23,24). The van der Waals surface area contributed by atoms with Gasteiger partial charge in [0.2, 0.25) is 0 Å². The summed E-state index contributed by atoms with van der Waals surface area (Å²) < 4.78 is 6.01. The summed E-state index contributed by atoms with van der Waals surface area (Å²) in [5, 5.41) is 3.35. The minimum Gasteiger partial charge on any atom is -0.385 e. The molecule has 0 amide bonds. The zero-order valence-corrected chi connectivity index (χ0v) is 15.5. The van der Waals surface area contributed by atoms with Crippen LogP contribution in [0.25, 0.3) is 22.6 Å². The van der Waals surface area contributed by atoms with Gasteiger partial charge in [-0.15, -0.1) is 0 Å². The van der Waals surface area contributed by atoms with E-state index < -0.39 is 0 Å². The molecule has 2 aromatic heterocycles. The fourth-order valence-electron chi connectivity index (χ4n) is 2.39. The molecule has 0 unspecified atom stereocenters. The Bertz CT molecular complexity index is 827. The number of halogens is 1. The number of ether oxygens (including phenoxy) is 1. The van der Waals surface area contributed by atoms with E-state index in [0.29, 0.717) is 12.4 Å². The summed E-state index contributed by atoms with van der Waals surface area (Å²) in [5.74, 6) is 1.48. The van der Waals surface area contributed by atoms with E-state index in [1.54, 1.807) is 19.5 Å². The average Bonchev–Trinajstić information content (AvgIpc) is 2.66. The summed E-state index contributed by atoms with van der Waals surface area (Å²) in [6.07, 6.45) is 4.47. The third-order valence-corrected chi connectivity index (χ3v) is 4.02. The molecule has 1 N–H and O–H groups in total. The summed E-state index contributed by atoms with van der Waals surface area (Å²) in [4.78, 5) is 13.6. The van der Waals surface area contributed by atoms with Crippen molar-refractivity contribution in [2.75, 3.05) is 25.6 Å². The molecule has 128 valence electrons. The van der Waals surface area contributed by atoms with Crippen LogP contribution in [0.2, 0.25) is 0 Å². The lowest BCUT2D eigenvalue weighted by Gasteiger charge is -2.10. The largest absolute Gasteiger partial charge is 0.385 e. The maximum absolute atomic E-state index is 5.09. The molecule has 2 heterocycles. The number of nitrogens with one attached hydrogen (secondary N) is 1. The first-order valence-electron chi connectivity index (χ1n) is 8.04. The highest BCUT2D eigenvalue weighted by Gasteiger charge is 2.09.